The summed E-state index contributed by atoms with van der Waals surface area (Å²) >= 11 is 0. The zero-order valence-corrected chi connectivity index (χ0v) is 27.0. The first-order valence-corrected chi connectivity index (χ1v) is 15.3. The number of aliphatic hydroxyl groups is 3. The van der Waals surface area contributed by atoms with Gasteiger partial charge in [-0.1, -0.05) is 73.6 Å². The van der Waals surface area contributed by atoms with E-state index in [0.29, 0.717) is 18.1 Å². The molecule has 0 fully saturated rings. The van der Waals surface area contributed by atoms with E-state index in [1.165, 1.54) is 5.56 Å². The third kappa shape index (κ3) is 9.62. The van der Waals surface area contributed by atoms with Crippen LogP contribution in [-0.2, 0) is 5.41 Å². The van der Waals surface area contributed by atoms with E-state index in [9.17, 15) is 10.2 Å². The Hall–Kier alpha value is -2.28. The molecule has 3 N–H and O–H groups in total. The van der Waals surface area contributed by atoms with Gasteiger partial charge in [-0.15, -0.1) is 0 Å². The van der Waals surface area contributed by atoms with Gasteiger partial charge in [-0.25, -0.2) is 0 Å². The maximum Gasteiger partial charge on any atom is 0.161 e. The van der Waals surface area contributed by atoms with Crippen LogP contribution >= 0.6 is 0 Å². The standard InChI is InChI=1S/C35H56O6/c1-10-35(11-2,26-15-17-28(25(3)21-26)39-20-14-12-13-19-36)27-16-18-29(40-23-31(37)33(4,5)6)30(22-27)41-24-32(38)34(7,8)9/h15-18,21-22,31-32,36-38H,10-14,19-20,23-24H2,1-9H3. The van der Waals surface area contributed by atoms with Gasteiger partial charge in [0, 0.05) is 12.0 Å². The lowest BCUT2D eigenvalue weighted by molar-refractivity contribution is 0.0136. The number of ether oxygens (including phenoxy) is 3. The largest absolute Gasteiger partial charge is 0.493 e. The molecule has 2 rings (SSSR count). The summed E-state index contributed by atoms with van der Waals surface area (Å²) in [5, 5.41) is 30.3. The number of benzene rings is 2. The molecular weight excluding hydrogens is 516 g/mol. The Kier molecular flexibility index (Phi) is 13.0. The summed E-state index contributed by atoms with van der Waals surface area (Å²) in [7, 11) is 0. The van der Waals surface area contributed by atoms with E-state index >= 15 is 0 Å². The lowest BCUT2D eigenvalue weighted by Crippen LogP contribution is -2.33. The second-order valence-corrected chi connectivity index (χ2v) is 13.4. The van der Waals surface area contributed by atoms with Crippen LogP contribution in [-0.4, -0.2) is 54.0 Å². The Balaban J connectivity index is 2.42. The van der Waals surface area contributed by atoms with E-state index in [4.69, 9.17) is 19.3 Å². The van der Waals surface area contributed by atoms with Gasteiger partial charge in [-0.3, -0.25) is 0 Å². The first-order valence-electron chi connectivity index (χ1n) is 15.3. The molecule has 0 amide bonds. The minimum Gasteiger partial charge on any atom is -0.493 e. The Morgan fingerprint density at radius 3 is 1.66 bits per heavy atom. The highest BCUT2D eigenvalue weighted by Crippen LogP contribution is 2.43. The van der Waals surface area contributed by atoms with Gasteiger partial charge in [0.15, 0.2) is 11.5 Å². The smallest absolute Gasteiger partial charge is 0.161 e. The Labute approximate surface area is 249 Å². The molecule has 2 unspecified atom stereocenters. The van der Waals surface area contributed by atoms with Gasteiger partial charge in [0.2, 0.25) is 0 Å². The summed E-state index contributed by atoms with van der Waals surface area (Å²) in [6.07, 6.45) is 3.16. The van der Waals surface area contributed by atoms with Crippen molar-refractivity contribution in [2.45, 2.75) is 112 Å². The van der Waals surface area contributed by atoms with Crippen LogP contribution in [0.4, 0.5) is 0 Å². The number of unbranched alkanes of at least 4 members (excludes halogenated alkanes) is 2. The molecule has 2 aromatic carbocycles. The molecule has 0 heterocycles. The van der Waals surface area contributed by atoms with Crippen molar-refractivity contribution in [1.29, 1.82) is 0 Å². The molecule has 2 atom stereocenters. The van der Waals surface area contributed by atoms with E-state index in [1.807, 2.05) is 53.7 Å². The quantitative estimate of drug-likeness (QED) is 0.184. The van der Waals surface area contributed by atoms with Gasteiger partial charge in [0.05, 0.1) is 18.8 Å². The number of aliphatic hydroxyl groups excluding tert-OH is 3. The van der Waals surface area contributed by atoms with Crippen LogP contribution < -0.4 is 14.2 Å². The molecule has 0 saturated heterocycles. The molecule has 6 nitrogen and oxygen atoms in total. The lowest BCUT2D eigenvalue weighted by atomic mass is 9.70. The fourth-order valence-corrected chi connectivity index (χ4v) is 4.79. The van der Waals surface area contributed by atoms with Crippen molar-refractivity contribution in [2.75, 3.05) is 26.4 Å². The molecule has 0 saturated carbocycles. The highest BCUT2D eigenvalue weighted by Gasteiger charge is 2.33. The monoisotopic (exact) mass is 572 g/mol. The molecule has 0 aliphatic carbocycles. The highest BCUT2D eigenvalue weighted by atomic mass is 16.5. The Morgan fingerprint density at radius 2 is 1.17 bits per heavy atom. The lowest BCUT2D eigenvalue weighted by Gasteiger charge is -2.34. The Bertz CT molecular complexity index is 1060. The van der Waals surface area contributed by atoms with Crippen molar-refractivity contribution in [1.82, 2.24) is 0 Å². The minimum atomic E-state index is -0.653. The Morgan fingerprint density at radius 1 is 0.659 bits per heavy atom. The molecule has 232 valence electrons. The predicted octanol–water partition coefficient (Wildman–Crippen LogP) is 7.21. The molecule has 0 spiro atoms. The van der Waals surface area contributed by atoms with Crippen LogP contribution in [0.5, 0.6) is 17.2 Å². The van der Waals surface area contributed by atoms with Crippen LogP contribution in [0, 0.1) is 17.8 Å². The zero-order chi connectivity index (χ0) is 30.8. The van der Waals surface area contributed by atoms with Crippen molar-refractivity contribution < 1.29 is 29.5 Å². The van der Waals surface area contributed by atoms with Crippen molar-refractivity contribution in [3.8, 4) is 17.2 Å². The fraction of sp³-hybridized carbons (Fsp3) is 0.657. The fourth-order valence-electron chi connectivity index (χ4n) is 4.79. The average Bonchev–Trinajstić information content (AvgIpc) is 2.91. The third-order valence-electron chi connectivity index (χ3n) is 8.28. The van der Waals surface area contributed by atoms with E-state index in [1.54, 1.807) is 0 Å². The normalized spacial score (nSPS) is 14.0. The van der Waals surface area contributed by atoms with Gasteiger partial charge in [0.25, 0.3) is 0 Å². The van der Waals surface area contributed by atoms with Crippen molar-refractivity contribution >= 4 is 0 Å². The summed E-state index contributed by atoms with van der Waals surface area (Å²) in [5.41, 5.74) is 2.54. The first kappa shape index (κ1) is 34.9. The average molecular weight is 573 g/mol. The van der Waals surface area contributed by atoms with Crippen LogP contribution in [0.3, 0.4) is 0 Å². The summed E-state index contributed by atoms with van der Waals surface area (Å²) in [4.78, 5) is 0. The molecular formula is C35H56O6. The van der Waals surface area contributed by atoms with Gasteiger partial charge in [-0.05, 0) is 84.7 Å². The first-order chi connectivity index (χ1) is 19.2. The molecule has 0 aliphatic rings. The number of aryl methyl sites for hydroxylation is 1. The SMILES string of the molecule is CCC(CC)(c1ccc(OCCCCCO)c(C)c1)c1ccc(OCC(O)C(C)(C)C)c(OCC(O)C(C)(C)C)c1. The molecule has 0 bridgehead atoms. The minimum absolute atomic E-state index is 0.139. The van der Waals surface area contributed by atoms with Gasteiger partial charge >= 0.3 is 0 Å². The highest BCUT2D eigenvalue weighted by molar-refractivity contribution is 5.50. The van der Waals surface area contributed by atoms with Crippen LogP contribution in [0.2, 0.25) is 0 Å². The molecule has 2 aromatic rings. The topological polar surface area (TPSA) is 88.4 Å². The maximum atomic E-state index is 10.7. The molecule has 41 heavy (non-hydrogen) atoms. The zero-order valence-electron chi connectivity index (χ0n) is 27.0. The van der Waals surface area contributed by atoms with Gasteiger partial charge < -0.3 is 29.5 Å². The second-order valence-electron chi connectivity index (χ2n) is 13.4. The second kappa shape index (κ2) is 15.3. The van der Waals surface area contributed by atoms with Crippen molar-refractivity contribution in [3.63, 3.8) is 0 Å². The molecule has 0 aromatic heterocycles. The van der Waals surface area contributed by atoms with E-state index in [0.717, 1.165) is 49.0 Å². The summed E-state index contributed by atoms with van der Waals surface area (Å²) < 4.78 is 18.4. The van der Waals surface area contributed by atoms with Crippen LogP contribution in [0.15, 0.2) is 36.4 Å². The van der Waals surface area contributed by atoms with Crippen molar-refractivity contribution in [2.24, 2.45) is 10.8 Å². The van der Waals surface area contributed by atoms with Gasteiger partial charge in [-0.2, -0.15) is 0 Å². The number of hydrogen-bond donors (Lipinski definition) is 3. The molecule has 6 heteroatoms. The number of hydrogen-bond acceptors (Lipinski definition) is 6. The predicted molar refractivity (Wildman–Crippen MR) is 167 cm³/mol. The van der Waals surface area contributed by atoms with Crippen molar-refractivity contribution in [3.05, 3.63) is 53.1 Å². The molecule has 0 radical (unpaired) electrons. The van der Waals surface area contributed by atoms with Crippen LogP contribution in [0.1, 0.15) is 104 Å². The van der Waals surface area contributed by atoms with E-state index in [2.05, 4.69) is 45.0 Å². The summed E-state index contributed by atoms with van der Waals surface area (Å²) in [6.45, 7) is 19.5. The summed E-state index contributed by atoms with van der Waals surface area (Å²) in [5.74, 6) is 2.01. The maximum absolute atomic E-state index is 10.7. The molecule has 0 aliphatic heterocycles. The van der Waals surface area contributed by atoms with E-state index < -0.39 is 12.2 Å². The number of rotatable bonds is 16. The third-order valence-corrected chi connectivity index (χ3v) is 8.28. The van der Waals surface area contributed by atoms with Crippen LogP contribution in [0.25, 0.3) is 0 Å². The summed E-state index contributed by atoms with van der Waals surface area (Å²) in [6, 6.07) is 12.5. The van der Waals surface area contributed by atoms with Gasteiger partial charge in [0.1, 0.15) is 19.0 Å². The van der Waals surface area contributed by atoms with E-state index in [-0.39, 0.29) is 36.1 Å².